The summed E-state index contributed by atoms with van der Waals surface area (Å²) in [5.41, 5.74) is 0. The highest BCUT2D eigenvalue weighted by molar-refractivity contribution is 7.99. The first-order chi connectivity index (χ1) is 10.0. The van der Waals surface area contributed by atoms with E-state index in [9.17, 15) is 8.42 Å². The van der Waals surface area contributed by atoms with Crippen molar-refractivity contribution in [2.24, 2.45) is 0 Å². The third-order valence-corrected chi connectivity index (χ3v) is 6.49. The second-order valence-electron chi connectivity index (χ2n) is 5.58. The maximum Gasteiger partial charge on any atom is 0.279 e. The van der Waals surface area contributed by atoms with Gasteiger partial charge in [-0.05, 0) is 44.2 Å². The topological polar surface area (TPSA) is 61.4 Å². The number of piperidine rings is 1. The molecule has 1 fully saturated rings. The summed E-state index contributed by atoms with van der Waals surface area (Å²) in [6.45, 7) is 8.39. The monoisotopic (exact) mass is 337 g/mol. The average molecular weight is 338 g/mol. The molecule has 0 aromatic rings. The van der Waals surface area contributed by atoms with Gasteiger partial charge in [0, 0.05) is 25.2 Å². The van der Waals surface area contributed by atoms with Gasteiger partial charge in [-0.15, -0.1) is 0 Å². The molecule has 21 heavy (non-hydrogen) atoms. The summed E-state index contributed by atoms with van der Waals surface area (Å²) < 4.78 is 29.7. The molecular formula is C14H31N3O2S2. The van der Waals surface area contributed by atoms with Crippen LogP contribution in [0.1, 0.15) is 46.5 Å². The lowest BCUT2D eigenvalue weighted by Gasteiger charge is -2.35. The van der Waals surface area contributed by atoms with Crippen LogP contribution in [0.25, 0.3) is 0 Å². The van der Waals surface area contributed by atoms with Crippen molar-refractivity contribution in [3.8, 4) is 0 Å². The Morgan fingerprint density at radius 1 is 1.33 bits per heavy atom. The van der Waals surface area contributed by atoms with Crippen molar-refractivity contribution in [2.45, 2.75) is 58.5 Å². The van der Waals surface area contributed by atoms with Gasteiger partial charge in [-0.25, -0.2) is 0 Å². The number of nitrogens with one attached hydrogen (secondary N) is 2. The molecule has 1 aliphatic rings. The molecule has 0 saturated carbocycles. The molecular weight excluding hydrogens is 306 g/mol. The predicted octanol–water partition coefficient (Wildman–Crippen LogP) is 1.82. The van der Waals surface area contributed by atoms with E-state index in [1.54, 1.807) is 4.31 Å². The minimum atomic E-state index is -3.37. The maximum absolute atomic E-state index is 12.6. The molecule has 2 atom stereocenters. The third-order valence-electron chi connectivity index (χ3n) is 3.76. The van der Waals surface area contributed by atoms with Crippen molar-refractivity contribution >= 4 is 22.0 Å². The first-order valence-corrected chi connectivity index (χ1v) is 10.7. The number of hydrogen-bond acceptors (Lipinski definition) is 4. The Labute approximate surface area is 134 Å². The molecule has 5 nitrogen and oxygen atoms in total. The van der Waals surface area contributed by atoms with Gasteiger partial charge < -0.3 is 5.32 Å². The standard InChI is InChI=1S/C14H31N3O2S2/c1-4-15-12-14-8-6-7-10-17(14)21(18,19)16-13(3)9-11-20-5-2/h13-16H,4-12H2,1-3H3. The summed E-state index contributed by atoms with van der Waals surface area (Å²) in [4.78, 5) is 0. The van der Waals surface area contributed by atoms with E-state index in [0.29, 0.717) is 6.54 Å². The Kier molecular flexibility index (Phi) is 9.20. The lowest BCUT2D eigenvalue weighted by atomic mass is 10.1. The zero-order valence-electron chi connectivity index (χ0n) is 13.6. The zero-order chi connectivity index (χ0) is 15.7. The Bertz CT molecular complexity index is 376. The van der Waals surface area contributed by atoms with Crippen LogP contribution in [0.3, 0.4) is 0 Å². The molecule has 7 heteroatoms. The number of thioether (sulfide) groups is 1. The first-order valence-electron chi connectivity index (χ1n) is 8.08. The Balaban J connectivity index is 2.56. The molecule has 0 spiro atoms. The molecule has 2 N–H and O–H groups in total. The third kappa shape index (κ3) is 6.86. The summed E-state index contributed by atoms with van der Waals surface area (Å²) in [5.74, 6) is 2.08. The van der Waals surface area contributed by atoms with Gasteiger partial charge in [0.15, 0.2) is 0 Å². The van der Waals surface area contributed by atoms with Crippen LogP contribution in [-0.2, 0) is 10.2 Å². The fraction of sp³-hybridized carbons (Fsp3) is 1.00. The quantitative estimate of drug-likeness (QED) is 0.597. The summed E-state index contributed by atoms with van der Waals surface area (Å²) in [6.07, 6.45) is 3.91. The number of rotatable bonds is 10. The van der Waals surface area contributed by atoms with Gasteiger partial charge in [0.05, 0.1) is 0 Å². The van der Waals surface area contributed by atoms with Gasteiger partial charge in [0.1, 0.15) is 0 Å². The first kappa shape index (κ1) is 19.2. The van der Waals surface area contributed by atoms with E-state index in [0.717, 1.165) is 50.3 Å². The summed E-state index contributed by atoms with van der Waals surface area (Å²) in [6, 6.07) is 0.0872. The molecule has 2 unspecified atom stereocenters. The molecule has 0 radical (unpaired) electrons. The van der Waals surface area contributed by atoms with Crippen LogP contribution in [0.15, 0.2) is 0 Å². The fourth-order valence-electron chi connectivity index (χ4n) is 2.59. The lowest BCUT2D eigenvalue weighted by molar-refractivity contribution is 0.242. The second-order valence-corrected chi connectivity index (χ2v) is 8.63. The smallest absolute Gasteiger partial charge is 0.279 e. The van der Waals surface area contributed by atoms with Crippen LogP contribution in [0, 0.1) is 0 Å². The molecule has 1 aliphatic heterocycles. The van der Waals surface area contributed by atoms with E-state index in [-0.39, 0.29) is 12.1 Å². The van der Waals surface area contributed by atoms with Crippen LogP contribution in [0.2, 0.25) is 0 Å². The van der Waals surface area contributed by atoms with Crippen LogP contribution in [-0.4, -0.2) is 55.9 Å². The van der Waals surface area contributed by atoms with E-state index in [2.05, 4.69) is 17.0 Å². The van der Waals surface area contributed by atoms with Gasteiger partial charge >= 0.3 is 0 Å². The minimum absolute atomic E-state index is 0.00393. The molecule has 126 valence electrons. The van der Waals surface area contributed by atoms with Crippen molar-refractivity contribution in [2.75, 3.05) is 31.1 Å². The number of likely N-dealkylation sites (N-methyl/N-ethyl adjacent to an activating group) is 1. The fourth-order valence-corrected chi connectivity index (χ4v) is 5.10. The van der Waals surface area contributed by atoms with Crippen LogP contribution in [0.5, 0.6) is 0 Å². The van der Waals surface area contributed by atoms with Crippen molar-refractivity contribution in [1.82, 2.24) is 14.3 Å². The molecule has 0 aromatic heterocycles. The average Bonchev–Trinajstić information content (AvgIpc) is 2.45. The van der Waals surface area contributed by atoms with Gasteiger partial charge in [0.25, 0.3) is 10.2 Å². The Morgan fingerprint density at radius 2 is 2.10 bits per heavy atom. The van der Waals surface area contributed by atoms with Crippen molar-refractivity contribution < 1.29 is 8.42 Å². The lowest BCUT2D eigenvalue weighted by Crippen LogP contribution is -2.53. The van der Waals surface area contributed by atoms with Crippen molar-refractivity contribution in [3.05, 3.63) is 0 Å². The number of hydrogen-bond donors (Lipinski definition) is 2. The molecule has 0 aromatic carbocycles. The summed E-state index contributed by atoms with van der Waals surface area (Å²) in [7, 11) is -3.37. The molecule has 1 heterocycles. The summed E-state index contributed by atoms with van der Waals surface area (Å²) in [5, 5.41) is 3.28. The van der Waals surface area contributed by atoms with E-state index in [1.807, 2.05) is 25.6 Å². The highest BCUT2D eigenvalue weighted by Crippen LogP contribution is 2.20. The normalized spacial score (nSPS) is 22.3. The SMILES string of the molecule is CCNCC1CCCCN1S(=O)(=O)NC(C)CCSCC. The van der Waals surface area contributed by atoms with E-state index in [4.69, 9.17) is 0 Å². The maximum atomic E-state index is 12.6. The van der Waals surface area contributed by atoms with Crippen LogP contribution >= 0.6 is 11.8 Å². The Hall–Kier alpha value is 0.180. The largest absolute Gasteiger partial charge is 0.315 e. The van der Waals surface area contributed by atoms with Gasteiger partial charge in [-0.2, -0.15) is 29.2 Å². The molecule has 0 amide bonds. The molecule has 1 saturated heterocycles. The molecule has 1 rings (SSSR count). The van der Waals surface area contributed by atoms with Gasteiger partial charge in [0.2, 0.25) is 0 Å². The zero-order valence-corrected chi connectivity index (χ0v) is 15.2. The van der Waals surface area contributed by atoms with Crippen molar-refractivity contribution in [3.63, 3.8) is 0 Å². The van der Waals surface area contributed by atoms with Crippen molar-refractivity contribution in [1.29, 1.82) is 0 Å². The van der Waals surface area contributed by atoms with E-state index < -0.39 is 10.2 Å². The minimum Gasteiger partial charge on any atom is -0.315 e. The van der Waals surface area contributed by atoms with Crippen LogP contribution < -0.4 is 10.0 Å². The molecule has 0 bridgehead atoms. The van der Waals surface area contributed by atoms with Gasteiger partial charge in [-0.1, -0.05) is 20.3 Å². The predicted molar refractivity (Wildman–Crippen MR) is 92.0 cm³/mol. The van der Waals surface area contributed by atoms with E-state index >= 15 is 0 Å². The summed E-state index contributed by atoms with van der Waals surface area (Å²) >= 11 is 1.85. The highest BCUT2D eigenvalue weighted by Gasteiger charge is 2.32. The second kappa shape index (κ2) is 10.0. The van der Waals surface area contributed by atoms with Crippen LogP contribution in [0.4, 0.5) is 0 Å². The number of nitrogens with zero attached hydrogens (tertiary/aromatic N) is 1. The molecule has 0 aliphatic carbocycles. The Morgan fingerprint density at radius 3 is 2.76 bits per heavy atom. The van der Waals surface area contributed by atoms with Gasteiger partial charge in [-0.3, -0.25) is 0 Å². The highest BCUT2D eigenvalue weighted by atomic mass is 32.2. The van der Waals surface area contributed by atoms with E-state index in [1.165, 1.54) is 0 Å².